The average molecular weight is 261 g/mol. The standard InChI is InChI=1S/C14H23N5/c1-3-4-7-15-14-16-8-10-19(14)9-5-6-13-11-17-18-12(13)2/h8,10-11H,3-7,9H2,1-2H3,(H,15,16)(H,17,18). The van der Waals surface area contributed by atoms with Crippen LogP contribution < -0.4 is 5.32 Å². The predicted molar refractivity (Wildman–Crippen MR) is 77.3 cm³/mol. The highest BCUT2D eigenvalue weighted by molar-refractivity contribution is 5.25. The molecule has 0 saturated carbocycles. The molecular weight excluding hydrogens is 238 g/mol. The van der Waals surface area contributed by atoms with E-state index in [1.807, 2.05) is 18.6 Å². The molecule has 0 aliphatic carbocycles. The van der Waals surface area contributed by atoms with E-state index in [1.54, 1.807) is 0 Å². The van der Waals surface area contributed by atoms with Crippen LogP contribution in [0.4, 0.5) is 5.95 Å². The van der Waals surface area contributed by atoms with Gasteiger partial charge in [-0.15, -0.1) is 0 Å². The molecule has 0 aliphatic rings. The first-order valence-corrected chi connectivity index (χ1v) is 7.05. The molecule has 0 amide bonds. The number of imidazole rings is 1. The van der Waals surface area contributed by atoms with E-state index in [9.17, 15) is 0 Å². The molecule has 0 aliphatic heterocycles. The zero-order valence-electron chi connectivity index (χ0n) is 11.8. The second-order valence-electron chi connectivity index (χ2n) is 4.85. The second kappa shape index (κ2) is 6.97. The Kier molecular flexibility index (Phi) is 5.01. The van der Waals surface area contributed by atoms with Crippen molar-refractivity contribution in [2.75, 3.05) is 11.9 Å². The fourth-order valence-electron chi connectivity index (χ4n) is 2.10. The van der Waals surface area contributed by atoms with Crippen LogP contribution in [0.3, 0.4) is 0 Å². The monoisotopic (exact) mass is 261 g/mol. The first-order chi connectivity index (χ1) is 9.31. The number of aromatic amines is 1. The Morgan fingerprint density at radius 3 is 3.00 bits per heavy atom. The largest absolute Gasteiger partial charge is 0.356 e. The van der Waals surface area contributed by atoms with E-state index in [1.165, 1.54) is 24.1 Å². The Hall–Kier alpha value is -1.78. The van der Waals surface area contributed by atoms with Crippen LogP contribution in [0, 0.1) is 6.92 Å². The molecule has 2 rings (SSSR count). The molecule has 0 saturated heterocycles. The third-order valence-corrected chi connectivity index (χ3v) is 3.31. The van der Waals surface area contributed by atoms with Crippen LogP contribution in [0.1, 0.15) is 37.4 Å². The third-order valence-electron chi connectivity index (χ3n) is 3.31. The number of hydrogen-bond donors (Lipinski definition) is 2. The molecular formula is C14H23N5. The van der Waals surface area contributed by atoms with Gasteiger partial charge in [-0.1, -0.05) is 13.3 Å². The van der Waals surface area contributed by atoms with Crippen LogP contribution in [0.15, 0.2) is 18.6 Å². The summed E-state index contributed by atoms with van der Waals surface area (Å²) in [6.07, 6.45) is 10.3. The molecule has 2 aromatic rings. The Morgan fingerprint density at radius 1 is 1.37 bits per heavy atom. The molecule has 0 aromatic carbocycles. The van der Waals surface area contributed by atoms with E-state index >= 15 is 0 Å². The van der Waals surface area contributed by atoms with Crippen molar-refractivity contribution in [1.82, 2.24) is 19.7 Å². The Morgan fingerprint density at radius 2 is 2.26 bits per heavy atom. The van der Waals surface area contributed by atoms with Gasteiger partial charge < -0.3 is 9.88 Å². The van der Waals surface area contributed by atoms with Crippen LogP contribution in [-0.2, 0) is 13.0 Å². The minimum atomic E-state index is 0.984. The molecule has 2 aromatic heterocycles. The van der Waals surface area contributed by atoms with Gasteiger partial charge in [0.25, 0.3) is 0 Å². The van der Waals surface area contributed by atoms with E-state index in [0.29, 0.717) is 0 Å². The summed E-state index contributed by atoms with van der Waals surface area (Å²) in [6.45, 7) is 6.24. The van der Waals surface area contributed by atoms with Crippen molar-refractivity contribution < 1.29 is 0 Å². The molecule has 5 heteroatoms. The lowest BCUT2D eigenvalue weighted by Gasteiger charge is -2.09. The first kappa shape index (κ1) is 13.6. The number of hydrogen-bond acceptors (Lipinski definition) is 3. The number of anilines is 1. The first-order valence-electron chi connectivity index (χ1n) is 7.05. The van der Waals surface area contributed by atoms with Crippen LogP contribution in [0.25, 0.3) is 0 Å². The highest BCUT2D eigenvalue weighted by Gasteiger charge is 2.03. The van der Waals surface area contributed by atoms with Crippen molar-refractivity contribution >= 4 is 5.95 Å². The van der Waals surface area contributed by atoms with Crippen LogP contribution >= 0.6 is 0 Å². The Bertz CT molecular complexity index is 485. The molecule has 0 fully saturated rings. The van der Waals surface area contributed by atoms with Gasteiger partial charge in [-0.2, -0.15) is 5.10 Å². The quantitative estimate of drug-likeness (QED) is 0.718. The van der Waals surface area contributed by atoms with Gasteiger partial charge in [-0.25, -0.2) is 4.98 Å². The summed E-state index contributed by atoms with van der Waals surface area (Å²) >= 11 is 0. The SMILES string of the molecule is CCCCNc1nccn1CCCc1cn[nH]c1C. The van der Waals surface area contributed by atoms with Gasteiger partial charge in [0.15, 0.2) is 0 Å². The molecule has 0 bridgehead atoms. The maximum Gasteiger partial charge on any atom is 0.202 e. The van der Waals surface area contributed by atoms with Crippen molar-refractivity contribution in [2.45, 2.75) is 46.1 Å². The van der Waals surface area contributed by atoms with E-state index in [2.05, 4.69) is 38.9 Å². The van der Waals surface area contributed by atoms with Crippen molar-refractivity contribution in [1.29, 1.82) is 0 Å². The summed E-state index contributed by atoms with van der Waals surface area (Å²) in [4.78, 5) is 4.35. The average Bonchev–Trinajstić information content (AvgIpc) is 3.00. The van der Waals surface area contributed by atoms with E-state index in [-0.39, 0.29) is 0 Å². The maximum atomic E-state index is 4.35. The van der Waals surface area contributed by atoms with E-state index < -0.39 is 0 Å². The van der Waals surface area contributed by atoms with Crippen molar-refractivity contribution in [2.24, 2.45) is 0 Å². The molecule has 2 N–H and O–H groups in total. The van der Waals surface area contributed by atoms with Crippen molar-refractivity contribution in [3.8, 4) is 0 Å². The van der Waals surface area contributed by atoms with Gasteiger partial charge in [-0.3, -0.25) is 5.10 Å². The van der Waals surface area contributed by atoms with Gasteiger partial charge in [-0.05, 0) is 31.7 Å². The summed E-state index contributed by atoms with van der Waals surface area (Å²) in [5, 5.41) is 10.4. The van der Waals surface area contributed by atoms with Gasteiger partial charge in [0.2, 0.25) is 5.95 Å². The number of aryl methyl sites for hydroxylation is 3. The molecule has 0 unspecified atom stereocenters. The normalized spacial score (nSPS) is 10.8. The lowest BCUT2D eigenvalue weighted by molar-refractivity contribution is 0.643. The number of rotatable bonds is 8. The van der Waals surface area contributed by atoms with Gasteiger partial charge in [0.1, 0.15) is 0 Å². The fraction of sp³-hybridized carbons (Fsp3) is 0.571. The van der Waals surface area contributed by atoms with Crippen LogP contribution in [0.2, 0.25) is 0 Å². The van der Waals surface area contributed by atoms with Crippen molar-refractivity contribution in [3.05, 3.63) is 29.8 Å². The lowest BCUT2D eigenvalue weighted by atomic mass is 10.1. The lowest BCUT2D eigenvalue weighted by Crippen LogP contribution is -2.09. The predicted octanol–water partition coefficient (Wildman–Crippen LogP) is 2.76. The molecule has 5 nitrogen and oxygen atoms in total. The summed E-state index contributed by atoms with van der Waals surface area (Å²) < 4.78 is 2.19. The summed E-state index contributed by atoms with van der Waals surface area (Å²) in [7, 11) is 0. The van der Waals surface area contributed by atoms with E-state index in [4.69, 9.17) is 0 Å². The van der Waals surface area contributed by atoms with Gasteiger partial charge in [0.05, 0.1) is 6.20 Å². The molecule has 0 spiro atoms. The number of unbranched alkanes of at least 4 members (excludes halogenated alkanes) is 1. The molecule has 104 valence electrons. The summed E-state index contributed by atoms with van der Waals surface area (Å²) in [5.74, 6) is 0.984. The van der Waals surface area contributed by atoms with Gasteiger partial charge in [0, 0.05) is 31.2 Å². The van der Waals surface area contributed by atoms with Crippen LogP contribution in [-0.4, -0.2) is 26.3 Å². The fourth-order valence-corrected chi connectivity index (χ4v) is 2.10. The summed E-state index contributed by atoms with van der Waals surface area (Å²) in [5.41, 5.74) is 2.48. The zero-order chi connectivity index (χ0) is 13.5. The highest BCUT2D eigenvalue weighted by atomic mass is 15.2. The topological polar surface area (TPSA) is 58.5 Å². The number of nitrogens with one attached hydrogen (secondary N) is 2. The minimum absolute atomic E-state index is 0.984. The maximum absolute atomic E-state index is 4.35. The second-order valence-corrected chi connectivity index (χ2v) is 4.85. The Labute approximate surface area is 114 Å². The van der Waals surface area contributed by atoms with Gasteiger partial charge >= 0.3 is 0 Å². The molecule has 0 atom stereocenters. The number of nitrogens with zero attached hydrogens (tertiary/aromatic N) is 3. The molecule has 2 heterocycles. The zero-order valence-corrected chi connectivity index (χ0v) is 11.8. The smallest absolute Gasteiger partial charge is 0.202 e. The number of H-pyrrole nitrogens is 1. The molecule has 19 heavy (non-hydrogen) atoms. The highest BCUT2D eigenvalue weighted by Crippen LogP contribution is 2.10. The molecule has 0 radical (unpaired) electrons. The van der Waals surface area contributed by atoms with E-state index in [0.717, 1.165) is 31.9 Å². The third kappa shape index (κ3) is 3.84. The minimum Gasteiger partial charge on any atom is -0.356 e. The number of aromatic nitrogens is 4. The van der Waals surface area contributed by atoms with Crippen LogP contribution in [0.5, 0.6) is 0 Å². The van der Waals surface area contributed by atoms with Crippen molar-refractivity contribution in [3.63, 3.8) is 0 Å². The Balaban J connectivity index is 1.79. The summed E-state index contributed by atoms with van der Waals surface area (Å²) in [6, 6.07) is 0.